The maximum absolute atomic E-state index is 6.08. The predicted octanol–water partition coefficient (Wildman–Crippen LogP) is 2.79. The van der Waals surface area contributed by atoms with Gasteiger partial charge in [-0.25, -0.2) is 0 Å². The Morgan fingerprint density at radius 1 is 1.33 bits per heavy atom. The van der Waals surface area contributed by atoms with E-state index in [2.05, 4.69) is 23.7 Å². The molecular weight excluding hydrogens is 357 g/mol. The third-order valence-corrected chi connectivity index (χ3v) is 4.65. The SMILES string of the molecule is CC(C)CC1(CN=C(N)N2CCSCC2)CC1.I. The van der Waals surface area contributed by atoms with Gasteiger partial charge in [-0.1, -0.05) is 13.8 Å². The zero-order valence-electron chi connectivity index (χ0n) is 11.5. The van der Waals surface area contributed by atoms with Gasteiger partial charge in [-0.2, -0.15) is 11.8 Å². The fourth-order valence-electron chi connectivity index (χ4n) is 2.61. The summed E-state index contributed by atoms with van der Waals surface area (Å²) >= 11 is 2.01. The first kappa shape index (κ1) is 16.4. The fraction of sp³-hybridized carbons (Fsp3) is 0.923. The summed E-state index contributed by atoms with van der Waals surface area (Å²) in [5.41, 5.74) is 6.58. The molecule has 0 aromatic heterocycles. The van der Waals surface area contributed by atoms with Gasteiger partial charge in [-0.05, 0) is 30.6 Å². The lowest BCUT2D eigenvalue weighted by Gasteiger charge is -2.27. The van der Waals surface area contributed by atoms with Gasteiger partial charge in [0.05, 0.1) is 0 Å². The average molecular weight is 383 g/mol. The van der Waals surface area contributed by atoms with Crippen molar-refractivity contribution in [3.8, 4) is 0 Å². The van der Waals surface area contributed by atoms with E-state index in [-0.39, 0.29) is 24.0 Å². The Labute approximate surface area is 132 Å². The highest BCUT2D eigenvalue weighted by molar-refractivity contribution is 14.0. The Hall–Kier alpha value is 0.350. The van der Waals surface area contributed by atoms with Crippen molar-refractivity contribution in [1.29, 1.82) is 0 Å². The van der Waals surface area contributed by atoms with Gasteiger partial charge < -0.3 is 10.6 Å². The van der Waals surface area contributed by atoms with Crippen molar-refractivity contribution in [3.63, 3.8) is 0 Å². The summed E-state index contributed by atoms with van der Waals surface area (Å²) in [5, 5.41) is 0. The fourth-order valence-corrected chi connectivity index (χ4v) is 3.51. The van der Waals surface area contributed by atoms with E-state index in [1.54, 1.807) is 0 Å². The molecule has 3 nitrogen and oxygen atoms in total. The summed E-state index contributed by atoms with van der Waals surface area (Å²) in [6.07, 6.45) is 4.00. The average Bonchev–Trinajstić information content (AvgIpc) is 3.06. The minimum absolute atomic E-state index is 0. The number of guanidine groups is 1. The van der Waals surface area contributed by atoms with Gasteiger partial charge in [-0.3, -0.25) is 4.99 Å². The van der Waals surface area contributed by atoms with Crippen molar-refractivity contribution in [1.82, 2.24) is 4.90 Å². The maximum Gasteiger partial charge on any atom is 0.191 e. The molecule has 0 atom stereocenters. The van der Waals surface area contributed by atoms with Crippen molar-refractivity contribution >= 4 is 41.7 Å². The third-order valence-electron chi connectivity index (χ3n) is 3.71. The zero-order chi connectivity index (χ0) is 12.3. The molecule has 1 aliphatic carbocycles. The highest BCUT2D eigenvalue weighted by Gasteiger charge is 2.42. The number of hydrogen-bond donors (Lipinski definition) is 1. The second kappa shape index (κ2) is 7.22. The van der Waals surface area contributed by atoms with E-state index in [1.165, 1.54) is 30.8 Å². The maximum atomic E-state index is 6.08. The summed E-state index contributed by atoms with van der Waals surface area (Å²) in [6.45, 7) is 7.68. The van der Waals surface area contributed by atoms with Gasteiger partial charge in [0.1, 0.15) is 0 Å². The van der Waals surface area contributed by atoms with Crippen LogP contribution in [0.25, 0.3) is 0 Å². The topological polar surface area (TPSA) is 41.6 Å². The molecule has 0 spiro atoms. The molecule has 2 fully saturated rings. The number of rotatable bonds is 4. The molecule has 1 saturated carbocycles. The van der Waals surface area contributed by atoms with E-state index in [0.717, 1.165) is 31.5 Å². The predicted molar refractivity (Wildman–Crippen MR) is 91.9 cm³/mol. The third kappa shape index (κ3) is 4.79. The van der Waals surface area contributed by atoms with Gasteiger partial charge in [0, 0.05) is 31.1 Å². The molecule has 0 amide bonds. The van der Waals surface area contributed by atoms with Crippen LogP contribution in [0, 0.1) is 11.3 Å². The molecule has 18 heavy (non-hydrogen) atoms. The van der Waals surface area contributed by atoms with Crippen LogP contribution < -0.4 is 5.73 Å². The number of nitrogens with zero attached hydrogens (tertiary/aromatic N) is 2. The quantitative estimate of drug-likeness (QED) is 0.461. The van der Waals surface area contributed by atoms with Crippen LogP contribution in [-0.4, -0.2) is 42.0 Å². The first-order chi connectivity index (χ1) is 8.11. The lowest BCUT2D eigenvalue weighted by molar-refractivity contribution is 0.393. The van der Waals surface area contributed by atoms with E-state index in [4.69, 9.17) is 5.73 Å². The monoisotopic (exact) mass is 383 g/mol. The first-order valence-electron chi connectivity index (χ1n) is 6.74. The number of nitrogens with two attached hydrogens (primary N) is 1. The lowest BCUT2D eigenvalue weighted by Crippen LogP contribution is -2.43. The summed E-state index contributed by atoms with van der Waals surface area (Å²) in [5.74, 6) is 3.93. The van der Waals surface area contributed by atoms with Crippen LogP contribution in [0.1, 0.15) is 33.1 Å². The van der Waals surface area contributed by atoms with E-state index >= 15 is 0 Å². The van der Waals surface area contributed by atoms with Crippen LogP contribution in [-0.2, 0) is 0 Å². The molecule has 2 rings (SSSR count). The molecule has 1 heterocycles. The van der Waals surface area contributed by atoms with Gasteiger partial charge in [-0.15, -0.1) is 24.0 Å². The van der Waals surface area contributed by atoms with Crippen molar-refractivity contribution in [3.05, 3.63) is 0 Å². The van der Waals surface area contributed by atoms with E-state index < -0.39 is 0 Å². The first-order valence-corrected chi connectivity index (χ1v) is 7.89. The molecule has 106 valence electrons. The molecule has 1 aliphatic heterocycles. The number of halogens is 1. The van der Waals surface area contributed by atoms with Crippen molar-refractivity contribution in [2.24, 2.45) is 22.1 Å². The minimum Gasteiger partial charge on any atom is -0.370 e. The van der Waals surface area contributed by atoms with Gasteiger partial charge in [0.15, 0.2) is 5.96 Å². The Bertz CT molecular complexity index is 284. The molecular formula is C13H26IN3S. The Kier molecular flexibility index (Phi) is 6.58. The lowest BCUT2D eigenvalue weighted by atomic mass is 9.94. The Morgan fingerprint density at radius 2 is 1.94 bits per heavy atom. The van der Waals surface area contributed by atoms with Gasteiger partial charge in [0.25, 0.3) is 0 Å². The zero-order valence-corrected chi connectivity index (χ0v) is 14.7. The van der Waals surface area contributed by atoms with E-state index in [1.807, 2.05) is 11.8 Å². The second-order valence-corrected chi connectivity index (χ2v) is 7.10. The highest BCUT2D eigenvalue weighted by atomic mass is 127. The summed E-state index contributed by atoms with van der Waals surface area (Å²) in [4.78, 5) is 6.88. The summed E-state index contributed by atoms with van der Waals surface area (Å²) < 4.78 is 0. The Morgan fingerprint density at radius 3 is 2.44 bits per heavy atom. The molecule has 0 aromatic carbocycles. The van der Waals surface area contributed by atoms with Crippen LogP contribution >= 0.6 is 35.7 Å². The molecule has 2 aliphatic rings. The second-order valence-electron chi connectivity index (χ2n) is 5.87. The molecule has 2 N–H and O–H groups in total. The van der Waals surface area contributed by atoms with Gasteiger partial charge >= 0.3 is 0 Å². The summed E-state index contributed by atoms with van der Waals surface area (Å²) in [7, 11) is 0. The largest absolute Gasteiger partial charge is 0.370 e. The van der Waals surface area contributed by atoms with Crippen molar-refractivity contribution in [2.75, 3.05) is 31.1 Å². The molecule has 0 radical (unpaired) electrons. The Balaban J connectivity index is 0.00000162. The standard InChI is InChI=1S/C13H25N3S.HI/c1-11(2)9-13(3-4-13)10-15-12(14)16-5-7-17-8-6-16;/h11H,3-10H2,1-2H3,(H2,14,15);1H. The summed E-state index contributed by atoms with van der Waals surface area (Å²) in [6, 6.07) is 0. The van der Waals surface area contributed by atoms with Crippen LogP contribution in [0.3, 0.4) is 0 Å². The van der Waals surface area contributed by atoms with Crippen molar-refractivity contribution < 1.29 is 0 Å². The van der Waals surface area contributed by atoms with Gasteiger partial charge in [0.2, 0.25) is 0 Å². The number of aliphatic imine (C=N–C) groups is 1. The van der Waals surface area contributed by atoms with Crippen LogP contribution in [0.15, 0.2) is 4.99 Å². The van der Waals surface area contributed by atoms with Crippen LogP contribution in [0.5, 0.6) is 0 Å². The normalized spacial score (nSPS) is 22.8. The molecule has 0 bridgehead atoms. The molecule has 1 saturated heterocycles. The van der Waals surface area contributed by atoms with E-state index in [0.29, 0.717) is 5.41 Å². The smallest absolute Gasteiger partial charge is 0.191 e. The van der Waals surface area contributed by atoms with Crippen LogP contribution in [0.4, 0.5) is 0 Å². The van der Waals surface area contributed by atoms with Crippen LogP contribution in [0.2, 0.25) is 0 Å². The molecule has 5 heteroatoms. The minimum atomic E-state index is 0. The highest BCUT2D eigenvalue weighted by Crippen LogP contribution is 2.50. The molecule has 0 aromatic rings. The molecule has 0 unspecified atom stereocenters. The van der Waals surface area contributed by atoms with E-state index in [9.17, 15) is 0 Å². The number of hydrogen-bond acceptors (Lipinski definition) is 2. The van der Waals surface area contributed by atoms with Crippen molar-refractivity contribution in [2.45, 2.75) is 33.1 Å². The number of thioether (sulfide) groups is 1.